The molecule has 0 unspecified atom stereocenters. The predicted octanol–water partition coefficient (Wildman–Crippen LogP) is 4.75. The van der Waals surface area contributed by atoms with E-state index in [9.17, 15) is 9.18 Å². The first-order valence-electron chi connectivity index (χ1n) is 6.62. The maximum atomic E-state index is 13.6. The van der Waals surface area contributed by atoms with E-state index in [-0.39, 0.29) is 11.7 Å². The van der Waals surface area contributed by atoms with Gasteiger partial charge in [0.1, 0.15) is 5.82 Å². The Morgan fingerprint density at radius 3 is 2.64 bits per heavy atom. The molecule has 0 fully saturated rings. The maximum absolute atomic E-state index is 13.6. The van der Waals surface area contributed by atoms with E-state index in [4.69, 9.17) is 11.6 Å². The third-order valence-electron chi connectivity index (χ3n) is 2.95. The van der Waals surface area contributed by atoms with Gasteiger partial charge in [0.15, 0.2) is 0 Å². The van der Waals surface area contributed by atoms with Crippen LogP contribution < -0.4 is 5.32 Å². The molecule has 0 aromatic heterocycles. The first kappa shape index (κ1) is 17.6. The fourth-order valence-electron chi connectivity index (χ4n) is 1.78. The Labute approximate surface area is 152 Å². The van der Waals surface area contributed by atoms with Crippen molar-refractivity contribution in [3.05, 3.63) is 68.0 Å². The van der Waals surface area contributed by atoms with Crippen LogP contribution in [-0.4, -0.2) is 18.2 Å². The molecule has 2 nitrogen and oxygen atoms in total. The summed E-state index contributed by atoms with van der Waals surface area (Å²) in [5, 5.41) is 3.29. The number of hydrogen-bond donors (Lipinski definition) is 1. The summed E-state index contributed by atoms with van der Waals surface area (Å²) in [5.41, 5.74) is 1.15. The fraction of sp³-hybridized carbons (Fsp3) is 0.188. The quantitative estimate of drug-likeness (QED) is 0.509. The molecule has 0 bridgehead atoms. The molecule has 2 aromatic rings. The number of thioether (sulfide) groups is 1. The molecule has 0 aliphatic heterocycles. The number of hydrogen-bond acceptors (Lipinski definition) is 2. The minimum atomic E-state index is -0.289. The highest BCUT2D eigenvalue weighted by Crippen LogP contribution is 2.23. The summed E-state index contributed by atoms with van der Waals surface area (Å²) < 4.78 is 14.7. The average Bonchev–Trinajstić information content (AvgIpc) is 2.50. The maximum Gasteiger partial charge on any atom is 0.251 e. The summed E-state index contributed by atoms with van der Waals surface area (Å²) in [6.07, 6.45) is 0. The van der Waals surface area contributed by atoms with Gasteiger partial charge in [-0.2, -0.15) is 11.8 Å². The van der Waals surface area contributed by atoms with Gasteiger partial charge in [0, 0.05) is 37.8 Å². The molecule has 0 atom stereocenters. The molecule has 1 amide bonds. The Kier molecular flexibility index (Phi) is 6.98. The third kappa shape index (κ3) is 5.14. The van der Waals surface area contributed by atoms with E-state index in [2.05, 4.69) is 27.9 Å². The van der Waals surface area contributed by atoms with Crippen molar-refractivity contribution in [3.8, 4) is 0 Å². The van der Waals surface area contributed by atoms with Gasteiger partial charge in [0.25, 0.3) is 5.91 Å². The summed E-state index contributed by atoms with van der Waals surface area (Å²) in [6.45, 7) is 0.529. The molecule has 2 rings (SSSR count). The van der Waals surface area contributed by atoms with Crippen LogP contribution in [0.2, 0.25) is 5.02 Å². The zero-order chi connectivity index (χ0) is 15.9. The SMILES string of the molecule is O=C(NCCSCc1c(F)cccc1Cl)c1ccc(I)cc1. The number of carbonyl (C=O) groups is 1. The number of halogens is 3. The van der Waals surface area contributed by atoms with Crippen LogP contribution in [-0.2, 0) is 5.75 Å². The smallest absolute Gasteiger partial charge is 0.251 e. The normalized spacial score (nSPS) is 10.5. The van der Waals surface area contributed by atoms with E-state index in [1.165, 1.54) is 17.8 Å². The van der Waals surface area contributed by atoms with Crippen molar-refractivity contribution in [3.63, 3.8) is 0 Å². The fourth-order valence-corrected chi connectivity index (χ4v) is 3.34. The summed E-state index contributed by atoms with van der Waals surface area (Å²) in [5.74, 6) is 0.801. The predicted molar refractivity (Wildman–Crippen MR) is 99.1 cm³/mol. The second kappa shape index (κ2) is 8.74. The van der Waals surface area contributed by atoms with E-state index >= 15 is 0 Å². The lowest BCUT2D eigenvalue weighted by Crippen LogP contribution is -2.25. The molecule has 6 heteroatoms. The topological polar surface area (TPSA) is 29.1 Å². The van der Waals surface area contributed by atoms with Crippen LogP contribution in [0.4, 0.5) is 4.39 Å². The molecule has 2 aromatic carbocycles. The van der Waals surface area contributed by atoms with E-state index in [1.54, 1.807) is 24.3 Å². The number of benzene rings is 2. The van der Waals surface area contributed by atoms with Crippen LogP contribution in [0.3, 0.4) is 0 Å². The van der Waals surface area contributed by atoms with Crippen molar-refractivity contribution in [1.29, 1.82) is 0 Å². The van der Waals surface area contributed by atoms with Crippen molar-refractivity contribution in [2.75, 3.05) is 12.3 Å². The Bertz CT molecular complexity index is 631. The lowest BCUT2D eigenvalue weighted by Gasteiger charge is -2.07. The van der Waals surface area contributed by atoms with Gasteiger partial charge >= 0.3 is 0 Å². The average molecular weight is 450 g/mol. The molecule has 0 saturated carbocycles. The molecule has 0 heterocycles. The largest absolute Gasteiger partial charge is 0.351 e. The van der Waals surface area contributed by atoms with Crippen LogP contribution in [0.1, 0.15) is 15.9 Å². The van der Waals surface area contributed by atoms with Crippen molar-refractivity contribution >= 4 is 51.9 Å². The van der Waals surface area contributed by atoms with Crippen molar-refractivity contribution in [2.45, 2.75) is 5.75 Å². The summed E-state index contributed by atoms with van der Waals surface area (Å²) in [6, 6.07) is 12.0. The molecule has 0 spiro atoms. The van der Waals surface area contributed by atoms with E-state index in [0.29, 0.717) is 34.2 Å². The van der Waals surface area contributed by atoms with Crippen LogP contribution in [0.5, 0.6) is 0 Å². The molecule has 116 valence electrons. The number of amides is 1. The standard InChI is InChI=1S/C16H14ClFINOS/c17-14-2-1-3-15(18)13(14)10-22-9-8-20-16(21)11-4-6-12(19)7-5-11/h1-7H,8-10H2,(H,20,21). The molecular formula is C16H14ClFINOS. The zero-order valence-electron chi connectivity index (χ0n) is 11.6. The van der Waals surface area contributed by atoms with Crippen LogP contribution >= 0.6 is 46.0 Å². The third-order valence-corrected chi connectivity index (χ3v) is 5.01. The highest BCUT2D eigenvalue weighted by Gasteiger charge is 2.07. The van der Waals surface area contributed by atoms with Gasteiger partial charge in [0.2, 0.25) is 0 Å². The lowest BCUT2D eigenvalue weighted by atomic mass is 10.2. The van der Waals surface area contributed by atoms with Crippen LogP contribution in [0.25, 0.3) is 0 Å². The van der Waals surface area contributed by atoms with Gasteiger partial charge in [-0.15, -0.1) is 0 Å². The summed E-state index contributed by atoms with van der Waals surface area (Å²) in [4.78, 5) is 11.9. The second-order valence-corrected chi connectivity index (χ2v) is 7.27. The molecule has 0 radical (unpaired) electrons. The molecule has 1 N–H and O–H groups in total. The summed E-state index contributed by atoms with van der Waals surface area (Å²) >= 11 is 9.69. The van der Waals surface area contributed by atoms with Gasteiger partial charge in [0.05, 0.1) is 0 Å². The minimum Gasteiger partial charge on any atom is -0.351 e. The monoisotopic (exact) mass is 449 g/mol. The molecular weight excluding hydrogens is 436 g/mol. The Morgan fingerprint density at radius 2 is 1.95 bits per heavy atom. The van der Waals surface area contributed by atoms with Gasteiger partial charge in [-0.1, -0.05) is 17.7 Å². The minimum absolute atomic E-state index is 0.0964. The Balaban J connectivity index is 1.73. The number of rotatable bonds is 6. The molecule has 0 saturated heterocycles. The molecule has 0 aliphatic carbocycles. The number of carbonyl (C=O) groups excluding carboxylic acids is 1. The van der Waals surface area contributed by atoms with Crippen LogP contribution in [0, 0.1) is 9.39 Å². The lowest BCUT2D eigenvalue weighted by molar-refractivity contribution is 0.0956. The Hall–Kier alpha value is -0.790. The zero-order valence-corrected chi connectivity index (χ0v) is 15.3. The van der Waals surface area contributed by atoms with Gasteiger partial charge in [-0.3, -0.25) is 4.79 Å². The molecule has 0 aliphatic rings. The number of nitrogens with one attached hydrogen (secondary N) is 1. The van der Waals surface area contributed by atoms with Gasteiger partial charge in [-0.05, 0) is 59.0 Å². The van der Waals surface area contributed by atoms with E-state index in [1.807, 2.05) is 12.1 Å². The van der Waals surface area contributed by atoms with Gasteiger partial charge in [-0.25, -0.2) is 4.39 Å². The van der Waals surface area contributed by atoms with Crippen LogP contribution in [0.15, 0.2) is 42.5 Å². The van der Waals surface area contributed by atoms with Gasteiger partial charge < -0.3 is 5.32 Å². The van der Waals surface area contributed by atoms with Crippen molar-refractivity contribution in [1.82, 2.24) is 5.32 Å². The second-order valence-electron chi connectivity index (χ2n) is 4.52. The van der Waals surface area contributed by atoms with E-state index in [0.717, 1.165) is 3.57 Å². The van der Waals surface area contributed by atoms with Crippen molar-refractivity contribution < 1.29 is 9.18 Å². The highest BCUT2D eigenvalue weighted by atomic mass is 127. The first-order chi connectivity index (χ1) is 10.6. The Morgan fingerprint density at radius 1 is 1.23 bits per heavy atom. The summed E-state index contributed by atoms with van der Waals surface area (Å²) in [7, 11) is 0. The highest BCUT2D eigenvalue weighted by molar-refractivity contribution is 14.1. The first-order valence-corrected chi connectivity index (χ1v) is 9.23. The van der Waals surface area contributed by atoms with Crippen molar-refractivity contribution in [2.24, 2.45) is 0 Å². The molecule has 22 heavy (non-hydrogen) atoms. The van der Waals surface area contributed by atoms with E-state index < -0.39 is 0 Å².